The van der Waals surface area contributed by atoms with Gasteiger partial charge in [-0.1, -0.05) is 12.1 Å². The van der Waals surface area contributed by atoms with Gasteiger partial charge in [-0.05, 0) is 43.4 Å². The van der Waals surface area contributed by atoms with Crippen LogP contribution >= 0.6 is 11.3 Å². The third kappa shape index (κ3) is 4.79. The molecule has 1 atom stereocenters. The average molecular weight is 400 g/mol. The smallest absolute Gasteiger partial charge is 0.161 e. The highest BCUT2D eigenvalue weighted by Gasteiger charge is 2.22. The van der Waals surface area contributed by atoms with Crippen LogP contribution in [-0.4, -0.2) is 36.2 Å². The zero-order chi connectivity index (χ0) is 19.3. The second kappa shape index (κ2) is 8.58. The minimum atomic E-state index is -0.275. The maximum atomic E-state index is 12.9. The topological polar surface area (TPSA) is 43.8 Å². The van der Waals surface area contributed by atoms with Gasteiger partial charge in [0.05, 0.1) is 5.69 Å². The Labute approximate surface area is 167 Å². The minimum Gasteiger partial charge on any atom is -0.486 e. The summed E-state index contributed by atoms with van der Waals surface area (Å²) in [6, 6.07) is 13.7. The lowest BCUT2D eigenvalue weighted by Gasteiger charge is -2.29. The number of hydrogen-bond donors (Lipinski definition) is 0. The maximum Gasteiger partial charge on any atom is 0.161 e. The molecule has 1 unspecified atom stereocenters. The number of rotatable bonds is 7. The molecule has 0 saturated heterocycles. The Bertz CT molecular complexity index is 916. The van der Waals surface area contributed by atoms with Crippen LogP contribution in [0, 0.1) is 5.82 Å². The molecule has 0 spiro atoms. The van der Waals surface area contributed by atoms with Crippen LogP contribution in [0.4, 0.5) is 4.39 Å². The van der Waals surface area contributed by atoms with E-state index in [9.17, 15) is 4.39 Å². The van der Waals surface area contributed by atoms with Crippen molar-refractivity contribution < 1.29 is 18.6 Å². The molecule has 3 aromatic rings. The van der Waals surface area contributed by atoms with Crippen molar-refractivity contribution in [2.45, 2.75) is 19.3 Å². The fourth-order valence-electron chi connectivity index (χ4n) is 3.01. The Hall–Kier alpha value is -2.64. The second-order valence-electron chi connectivity index (χ2n) is 6.67. The van der Waals surface area contributed by atoms with Crippen molar-refractivity contribution in [1.82, 2.24) is 9.88 Å². The zero-order valence-corrected chi connectivity index (χ0v) is 16.3. The van der Waals surface area contributed by atoms with Crippen LogP contribution in [0.2, 0.25) is 0 Å². The number of aromatic nitrogens is 1. The molecule has 0 radical (unpaired) electrons. The van der Waals surface area contributed by atoms with Crippen LogP contribution in [-0.2, 0) is 13.2 Å². The Balaban J connectivity index is 1.26. The van der Waals surface area contributed by atoms with Crippen LogP contribution in [0.3, 0.4) is 0 Å². The molecule has 2 aromatic carbocycles. The number of para-hydroxylation sites is 2. The first-order valence-corrected chi connectivity index (χ1v) is 9.92. The Morgan fingerprint density at radius 2 is 1.96 bits per heavy atom. The number of likely N-dealkylation sites (N-methyl/N-ethyl adjacent to an activating group) is 1. The molecule has 5 nitrogen and oxygen atoms in total. The van der Waals surface area contributed by atoms with Gasteiger partial charge in [0.2, 0.25) is 0 Å². The molecule has 2 heterocycles. The lowest BCUT2D eigenvalue weighted by molar-refractivity contribution is 0.0635. The van der Waals surface area contributed by atoms with Gasteiger partial charge in [0.1, 0.15) is 35.9 Å². The van der Waals surface area contributed by atoms with Crippen LogP contribution < -0.4 is 14.2 Å². The lowest BCUT2D eigenvalue weighted by atomic mass is 10.2. The van der Waals surface area contributed by atoms with E-state index in [1.807, 2.05) is 36.7 Å². The average Bonchev–Trinajstić information content (AvgIpc) is 3.14. The van der Waals surface area contributed by atoms with Gasteiger partial charge in [-0.25, -0.2) is 9.37 Å². The third-order valence-corrected chi connectivity index (χ3v) is 5.16. The molecule has 0 fully saturated rings. The van der Waals surface area contributed by atoms with E-state index in [0.29, 0.717) is 25.5 Å². The van der Waals surface area contributed by atoms with Gasteiger partial charge in [-0.2, -0.15) is 0 Å². The van der Waals surface area contributed by atoms with Crippen molar-refractivity contribution in [2.75, 3.05) is 20.2 Å². The van der Waals surface area contributed by atoms with E-state index in [1.165, 1.54) is 12.1 Å². The van der Waals surface area contributed by atoms with E-state index in [2.05, 4.69) is 9.88 Å². The highest BCUT2D eigenvalue weighted by Crippen LogP contribution is 2.31. The first-order valence-electron chi connectivity index (χ1n) is 9.04. The predicted molar refractivity (Wildman–Crippen MR) is 106 cm³/mol. The highest BCUT2D eigenvalue weighted by molar-refractivity contribution is 7.09. The summed E-state index contributed by atoms with van der Waals surface area (Å²) in [4.78, 5) is 6.79. The monoisotopic (exact) mass is 400 g/mol. The largest absolute Gasteiger partial charge is 0.486 e. The summed E-state index contributed by atoms with van der Waals surface area (Å²) < 4.78 is 30.4. The summed E-state index contributed by atoms with van der Waals surface area (Å²) in [5.41, 5.74) is 0.988. The fourth-order valence-corrected chi connectivity index (χ4v) is 3.70. The third-order valence-electron chi connectivity index (χ3n) is 4.29. The molecule has 4 rings (SSSR count). The van der Waals surface area contributed by atoms with Crippen LogP contribution in [0.5, 0.6) is 17.2 Å². The van der Waals surface area contributed by atoms with Gasteiger partial charge in [0, 0.05) is 18.5 Å². The standard InChI is InChI=1S/C21H21FN2O3S/c1-24(11-18-12-26-19-4-2-3-5-20(19)27-18)10-16-14-28-21(23-16)13-25-17-8-6-15(22)7-9-17/h2-9,14,18H,10-13H2,1H3. The molecule has 146 valence electrons. The molecule has 1 aromatic heterocycles. The number of benzene rings is 2. The summed E-state index contributed by atoms with van der Waals surface area (Å²) in [5.74, 6) is 1.94. The zero-order valence-electron chi connectivity index (χ0n) is 15.5. The summed E-state index contributed by atoms with van der Waals surface area (Å²) in [5, 5.41) is 2.92. The van der Waals surface area contributed by atoms with Gasteiger partial charge in [0.25, 0.3) is 0 Å². The number of fused-ring (bicyclic) bond motifs is 1. The SMILES string of the molecule is CN(Cc1csc(COc2ccc(F)cc2)n1)CC1COc2ccccc2O1. The Kier molecular flexibility index (Phi) is 5.73. The highest BCUT2D eigenvalue weighted by atomic mass is 32.1. The maximum absolute atomic E-state index is 12.9. The van der Waals surface area contributed by atoms with Crippen molar-refractivity contribution in [3.05, 3.63) is 70.4 Å². The van der Waals surface area contributed by atoms with Gasteiger partial charge < -0.3 is 14.2 Å². The van der Waals surface area contributed by atoms with E-state index < -0.39 is 0 Å². The number of hydrogen-bond acceptors (Lipinski definition) is 6. The summed E-state index contributed by atoms with van der Waals surface area (Å²) in [6.45, 7) is 2.37. The summed E-state index contributed by atoms with van der Waals surface area (Å²) in [7, 11) is 2.04. The number of thiazole rings is 1. The van der Waals surface area contributed by atoms with E-state index in [1.54, 1.807) is 23.5 Å². The molecule has 0 saturated carbocycles. The number of halogens is 1. The summed E-state index contributed by atoms with van der Waals surface area (Å²) >= 11 is 1.56. The van der Waals surface area contributed by atoms with E-state index >= 15 is 0 Å². The van der Waals surface area contributed by atoms with Gasteiger partial charge >= 0.3 is 0 Å². The Morgan fingerprint density at radius 1 is 1.18 bits per heavy atom. The molecule has 0 bridgehead atoms. The minimum absolute atomic E-state index is 0.0141. The first-order chi connectivity index (χ1) is 13.7. The van der Waals surface area contributed by atoms with E-state index in [0.717, 1.165) is 28.7 Å². The van der Waals surface area contributed by atoms with Gasteiger partial charge in [0.15, 0.2) is 11.5 Å². The molecular formula is C21H21FN2O3S. The van der Waals surface area contributed by atoms with Crippen molar-refractivity contribution >= 4 is 11.3 Å². The number of ether oxygens (including phenoxy) is 3. The van der Waals surface area contributed by atoms with Crippen LogP contribution in [0.25, 0.3) is 0 Å². The van der Waals surface area contributed by atoms with Gasteiger partial charge in [-0.3, -0.25) is 4.90 Å². The van der Waals surface area contributed by atoms with Gasteiger partial charge in [-0.15, -0.1) is 11.3 Å². The molecule has 0 amide bonds. The van der Waals surface area contributed by atoms with E-state index in [4.69, 9.17) is 14.2 Å². The summed E-state index contributed by atoms with van der Waals surface area (Å²) in [6.07, 6.45) is -0.0141. The predicted octanol–water partition coefficient (Wildman–Crippen LogP) is 4.13. The lowest BCUT2D eigenvalue weighted by Crippen LogP contribution is -2.39. The van der Waals surface area contributed by atoms with Crippen molar-refractivity contribution in [3.63, 3.8) is 0 Å². The normalized spacial score (nSPS) is 15.6. The van der Waals surface area contributed by atoms with E-state index in [-0.39, 0.29) is 11.9 Å². The van der Waals surface area contributed by atoms with Crippen molar-refractivity contribution in [3.8, 4) is 17.2 Å². The van der Waals surface area contributed by atoms with Crippen molar-refractivity contribution in [1.29, 1.82) is 0 Å². The molecule has 0 N–H and O–H groups in total. The molecule has 7 heteroatoms. The van der Waals surface area contributed by atoms with Crippen molar-refractivity contribution in [2.24, 2.45) is 0 Å². The Morgan fingerprint density at radius 3 is 2.79 bits per heavy atom. The molecular weight excluding hydrogens is 379 g/mol. The number of nitrogens with zero attached hydrogens (tertiary/aromatic N) is 2. The molecule has 1 aliphatic heterocycles. The first kappa shape index (κ1) is 18.7. The second-order valence-corrected chi connectivity index (χ2v) is 7.61. The van der Waals surface area contributed by atoms with Crippen LogP contribution in [0.1, 0.15) is 10.7 Å². The molecule has 28 heavy (non-hydrogen) atoms. The molecule has 1 aliphatic rings. The quantitative estimate of drug-likeness (QED) is 0.597. The molecule has 0 aliphatic carbocycles. The fraction of sp³-hybridized carbons (Fsp3) is 0.286. The van der Waals surface area contributed by atoms with Crippen LogP contribution in [0.15, 0.2) is 53.9 Å².